The molecule has 1 aromatic carbocycles. The van der Waals surface area contributed by atoms with Crippen molar-refractivity contribution < 1.29 is 14.0 Å². The molecule has 0 unspecified atom stereocenters. The van der Waals surface area contributed by atoms with Crippen molar-refractivity contribution in [2.45, 2.75) is 19.9 Å². The van der Waals surface area contributed by atoms with Gasteiger partial charge in [0.2, 0.25) is 5.78 Å². The lowest BCUT2D eigenvalue weighted by Gasteiger charge is -2.26. The number of amides is 1. The summed E-state index contributed by atoms with van der Waals surface area (Å²) < 4.78 is 13.9. The number of nitrogens with zero attached hydrogens (tertiary/aromatic N) is 2. The van der Waals surface area contributed by atoms with E-state index >= 15 is 0 Å². The van der Waals surface area contributed by atoms with Gasteiger partial charge in [-0.25, -0.2) is 4.39 Å². The van der Waals surface area contributed by atoms with Crippen LogP contribution in [0.15, 0.2) is 24.3 Å². The molecule has 1 aliphatic rings. The number of fused-ring (bicyclic) bond motifs is 1. The molecule has 6 heteroatoms. The Labute approximate surface area is 120 Å². The van der Waals surface area contributed by atoms with Gasteiger partial charge >= 0.3 is 0 Å². The fourth-order valence-corrected chi connectivity index (χ4v) is 2.57. The van der Waals surface area contributed by atoms with Crippen LogP contribution in [0.1, 0.15) is 18.2 Å². The number of halogens is 1. The van der Waals surface area contributed by atoms with Crippen molar-refractivity contribution in [2.24, 2.45) is 0 Å². The van der Waals surface area contributed by atoms with Crippen LogP contribution in [0.4, 0.5) is 4.39 Å². The first-order valence-corrected chi connectivity index (χ1v) is 6.68. The zero-order valence-electron chi connectivity index (χ0n) is 11.5. The maximum absolute atomic E-state index is 13.9. The van der Waals surface area contributed by atoms with Gasteiger partial charge in [0.1, 0.15) is 11.5 Å². The number of H-pyrrole nitrogens is 1. The number of rotatable bonds is 2. The van der Waals surface area contributed by atoms with E-state index in [2.05, 4.69) is 10.2 Å². The third kappa shape index (κ3) is 2.33. The summed E-state index contributed by atoms with van der Waals surface area (Å²) in [5.74, 6) is -1.36. The first kappa shape index (κ1) is 13.5. The van der Waals surface area contributed by atoms with Gasteiger partial charge in [0.25, 0.3) is 5.91 Å². The molecule has 0 bridgehead atoms. The molecule has 0 fully saturated rings. The molecule has 2 heterocycles. The number of hydrogen-bond acceptors (Lipinski definition) is 3. The highest BCUT2D eigenvalue weighted by Crippen LogP contribution is 2.29. The van der Waals surface area contributed by atoms with E-state index in [-0.39, 0.29) is 12.4 Å². The highest BCUT2D eigenvalue weighted by Gasteiger charge is 2.27. The molecule has 0 atom stereocenters. The SMILES string of the molecule is CC(=O)C(=O)N1CCc2[nH]nc(-c3ccccc3F)c2C1. The lowest BCUT2D eigenvalue weighted by atomic mass is 10.0. The third-order valence-corrected chi connectivity index (χ3v) is 3.65. The Kier molecular flexibility index (Phi) is 3.29. The van der Waals surface area contributed by atoms with Gasteiger partial charge in [0.15, 0.2) is 0 Å². The molecule has 0 spiro atoms. The molecule has 0 saturated heterocycles. The third-order valence-electron chi connectivity index (χ3n) is 3.65. The quantitative estimate of drug-likeness (QED) is 0.855. The van der Waals surface area contributed by atoms with Crippen LogP contribution in [0, 0.1) is 5.82 Å². The molecule has 0 saturated carbocycles. The number of ketones is 1. The summed E-state index contributed by atoms with van der Waals surface area (Å²) in [6.07, 6.45) is 0.579. The second-order valence-electron chi connectivity index (χ2n) is 5.04. The number of benzene rings is 1. The summed E-state index contributed by atoms with van der Waals surface area (Å²) in [4.78, 5) is 24.5. The number of Topliss-reactive ketones (excluding diaryl/α,β-unsaturated/α-hetero) is 1. The largest absolute Gasteiger partial charge is 0.331 e. The molecule has 21 heavy (non-hydrogen) atoms. The molecule has 108 valence electrons. The van der Waals surface area contributed by atoms with Gasteiger partial charge < -0.3 is 4.90 Å². The predicted molar refractivity (Wildman–Crippen MR) is 73.8 cm³/mol. The Bertz CT molecular complexity index is 723. The van der Waals surface area contributed by atoms with Gasteiger partial charge in [-0.2, -0.15) is 5.10 Å². The second kappa shape index (κ2) is 5.12. The summed E-state index contributed by atoms with van der Waals surface area (Å²) in [5.41, 5.74) is 2.57. The molecule has 1 N–H and O–H groups in total. The van der Waals surface area contributed by atoms with Crippen molar-refractivity contribution in [1.82, 2.24) is 15.1 Å². The van der Waals surface area contributed by atoms with Crippen molar-refractivity contribution in [1.29, 1.82) is 0 Å². The normalized spacial score (nSPS) is 13.9. The summed E-state index contributed by atoms with van der Waals surface area (Å²) >= 11 is 0. The number of aromatic amines is 1. The van der Waals surface area contributed by atoms with Crippen molar-refractivity contribution >= 4 is 11.7 Å². The molecule has 3 rings (SSSR count). The average Bonchev–Trinajstić information content (AvgIpc) is 2.89. The maximum atomic E-state index is 13.9. The Morgan fingerprint density at radius 1 is 1.33 bits per heavy atom. The van der Waals surface area contributed by atoms with Crippen LogP contribution in [-0.2, 0) is 22.6 Å². The van der Waals surface area contributed by atoms with E-state index in [1.54, 1.807) is 18.2 Å². The van der Waals surface area contributed by atoms with Gasteiger partial charge in [-0.15, -0.1) is 0 Å². The molecular weight excluding hydrogens is 273 g/mol. The van der Waals surface area contributed by atoms with Gasteiger partial charge in [-0.1, -0.05) is 12.1 Å². The number of hydrogen-bond donors (Lipinski definition) is 1. The summed E-state index contributed by atoms with van der Waals surface area (Å²) in [5, 5.41) is 7.08. The van der Waals surface area contributed by atoms with Crippen LogP contribution in [0.25, 0.3) is 11.3 Å². The lowest BCUT2D eigenvalue weighted by Crippen LogP contribution is -2.39. The average molecular weight is 287 g/mol. The standard InChI is InChI=1S/C15H14FN3O2/c1-9(20)15(21)19-7-6-13-11(8-19)14(18-17-13)10-4-2-3-5-12(10)16/h2-5H,6-8H2,1H3,(H,17,18). The smallest absolute Gasteiger partial charge is 0.289 e. The van der Waals surface area contributed by atoms with Gasteiger partial charge in [-0.05, 0) is 12.1 Å². The highest BCUT2D eigenvalue weighted by molar-refractivity contribution is 6.35. The minimum atomic E-state index is -0.513. The number of carbonyl (C=O) groups is 2. The van der Waals surface area contributed by atoms with Crippen LogP contribution in [-0.4, -0.2) is 33.3 Å². The Balaban J connectivity index is 1.99. The summed E-state index contributed by atoms with van der Waals surface area (Å²) in [6.45, 7) is 1.99. The lowest BCUT2D eigenvalue weighted by molar-refractivity contribution is -0.144. The van der Waals surface area contributed by atoms with Crippen LogP contribution in [0.2, 0.25) is 0 Å². The molecule has 0 aliphatic carbocycles. The maximum Gasteiger partial charge on any atom is 0.289 e. The number of carbonyl (C=O) groups excluding carboxylic acids is 2. The Hall–Kier alpha value is -2.50. The summed E-state index contributed by atoms with van der Waals surface area (Å²) in [6, 6.07) is 6.37. The van der Waals surface area contributed by atoms with E-state index in [4.69, 9.17) is 0 Å². The van der Waals surface area contributed by atoms with E-state index in [9.17, 15) is 14.0 Å². The van der Waals surface area contributed by atoms with Crippen LogP contribution in [0.3, 0.4) is 0 Å². The fraction of sp³-hybridized carbons (Fsp3) is 0.267. The van der Waals surface area contributed by atoms with Crippen LogP contribution < -0.4 is 0 Å². The molecule has 1 aliphatic heterocycles. The number of nitrogens with one attached hydrogen (secondary N) is 1. The molecule has 1 aromatic heterocycles. The molecule has 0 radical (unpaired) electrons. The van der Waals surface area contributed by atoms with Crippen LogP contribution in [0.5, 0.6) is 0 Å². The van der Waals surface area contributed by atoms with Crippen molar-refractivity contribution in [3.8, 4) is 11.3 Å². The first-order chi connectivity index (χ1) is 10.1. The number of aromatic nitrogens is 2. The van der Waals surface area contributed by atoms with E-state index < -0.39 is 11.7 Å². The van der Waals surface area contributed by atoms with E-state index in [1.165, 1.54) is 17.9 Å². The van der Waals surface area contributed by atoms with E-state index in [0.29, 0.717) is 24.2 Å². The minimum Gasteiger partial charge on any atom is -0.331 e. The fourth-order valence-electron chi connectivity index (χ4n) is 2.57. The van der Waals surface area contributed by atoms with Crippen molar-refractivity contribution in [3.05, 3.63) is 41.3 Å². The molecule has 5 nitrogen and oxygen atoms in total. The topological polar surface area (TPSA) is 66.1 Å². The van der Waals surface area contributed by atoms with E-state index in [1.807, 2.05) is 0 Å². The Morgan fingerprint density at radius 3 is 2.81 bits per heavy atom. The molecule has 2 aromatic rings. The monoisotopic (exact) mass is 287 g/mol. The van der Waals surface area contributed by atoms with Crippen LogP contribution >= 0.6 is 0 Å². The molecular formula is C15H14FN3O2. The van der Waals surface area contributed by atoms with Crippen molar-refractivity contribution in [3.63, 3.8) is 0 Å². The zero-order valence-corrected chi connectivity index (χ0v) is 11.5. The van der Waals surface area contributed by atoms with Gasteiger partial charge in [0, 0.05) is 36.7 Å². The van der Waals surface area contributed by atoms with Crippen molar-refractivity contribution in [2.75, 3.05) is 6.54 Å². The Morgan fingerprint density at radius 2 is 2.10 bits per heavy atom. The summed E-state index contributed by atoms with van der Waals surface area (Å²) in [7, 11) is 0. The van der Waals surface area contributed by atoms with Gasteiger partial charge in [-0.3, -0.25) is 14.7 Å². The van der Waals surface area contributed by atoms with Gasteiger partial charge in [0.05, 0.1) is 6.54 Å². The first-order valence-electron chi connectivity index (χ1n) is 6.68. The van der Waals surface area contributed by atoms with E-state index in [0.717, 1.165) is 11.3 Å². The second-order valence-corrected chi connectivity index (χ2v) is 5.04. The predicted octanol–water partition coefficient (Wildman–Crippen LogP) is 1.69. The molecule has 1 amide bonds. The minimum absolute atomic E-state index is 0.272. The zero-order chi connectivity index (χ0) is 15.0. The highest BCUT2D eigenvalue weighted by atomic mass is 19.1.